The van der Waals surface area contributed by atoms with Gasteiger partial charge >= 0.3 is 0 Å². The van der Waals surface area contributed by atoms with Gasteiger partial charge in [0.25, 0.3) is 17.4 Å². The smallest absolute Gasteiger partial charge is 0.267 e. The third-order valence-corrected chi connectivity index (χ3v) is 8.28. The van der Waals surface area contributed by atoms with E-state index >= 15 is 0 Å². The number of thiophene rings is 1. The maximum atomic E-state index is 13.8. The van der Waals surface area contributed by atoms with E-state index < -0.39 is 0 Å². The number of carbonyl (C=O) groups excluding carboxylic acids is 2. The Morgan fingerprint density at radius 1 is 0.879 bits per heavy atom. The monoisotopic (exact) mass is 473 g/mol. The summed E-state index contributed by atoms with van der Waals surface area (Å²) in [6.45, 7) is 0. The number of para-hydroxylation sites is 1. The van der Waals surface area contributed by atoms with Crippen LogP contribution in [0, 0.1) is 0 Å². The van der Waals surface area contributed by atoms with Crippen molar-refractivity contribution >= 4 is 45.1 Å². The number of rotatable bonds is 4. The highest BCUT2D eigenvalue weighted by molar-refractivity contribution is 7.99. The lowest BCUT2D eigenvalue weighted by Gasteiger charge is -2.16. The zero-order valence-electron chi connectivity index (χ0n) is 17.6. The second-order valence-corrected chi connectivity index (χ2v) is 10.1. The van der Waals surface area contributed by atoms with Gasteiger partial charge in [0.2, 0.25) is 0 Å². The zero-order valence-corrected chi connectivity index (χ0v) is 19.2. The quantitative estimate of drug-likeness (QED) is 0.245. The molecule has 0 atom stereocenters. The molecule has 33 heavy (non-hydrogen) atoms. The Bertz CT molecular complexity index is 1460. The molecule has 0 saturated heterocycles. The van der Waals surface area contributed by atoms with E-state index in [1.807, 2.05) is 30.3 Å². The standard InChI is InChI=1S/C25H19N3O3S2/c29-22-16-10-4-5-11-17(16)23(30)27(22)14-32-25-26-21-20(18-12-6-7-13-19(18)33-21)24(31)28(25)15-8-2-1-3-9-15/h1-5,8-11H,6-7,12-14H2. The predicted molar refractivity (Wildman–Crippen MR) is 130 cm³/mol. The lowest BCUT2D eigenvalue weighted by Crippen LogP contribution is -2.30. The largest absolute Gasteiger partial charge is 0.269 e. The van der Waals surface area contributed by atoms with Crippen molar-refractivity contribution in [2.24, 2.45) is 0 Å². The van der Waals surface area contributed by atoms with Crippen molar-refractivity contribution in [1.82, 2.24) is 14.5 Å². The minimum atomic E-state index is -0.315. The molecule has 0 radical (unpaired) electrons. The van der Waals surface area contributed by atoms with Crippen LogP contribution in [0.15, 0.2) is 64.5 Å². The van der Waals surface area contributed by atoms with Crippen LogP contribution >= 0.6 is 23.1 Å². The first kappa shape index (κ1) is 20.4. The molecule has 0 unspecified atom stereocenters. The number of hydrogen-bond acceptors (Lipinski definition) is 6. The molecule has 2 aromatic carbocycles. The lowest BCUT2D eigenvalue weighted by atomic mass is 9.97. The van der Waals surface area contributed by atoms with E-state index in [0.717, 1.165) is 41.8 Å². The van der Waals surface area contributed by atoms with Crippen LogP contribution in [-0.4, -0.2) is 32.1 Å². The SMILES string of the molecule is O=C1c2ccccc2C(=O)N1CSc1nc2sc3c(c2c(=O)n1-c1ccccc1)CCCC3. The molecule has 0 fully saturated rings. The first-order valence-corrected chi connectivity index (χ1v) is 12.6. The summed E-state index contributed by atoms with van der Waals surface area (Å²) in [7, 11) is 0. The van der Waals surface area contributed by atoms with Gasteiger partial charge in [-0.05, 0) is 55.5 Å². The number of aryl methyl sites for hydroxylation is 2. The second kappa shape index (κ2) is 7.97. The molecular weight excluding hydrogens is 454 g/mol. The third-order valence-electron chi connectivity index (χ3n) is 6.17. The Morgan fingerprint density at radius 2 is 1.55 bits per heavy atom. The number of fused-ring (bicyclic) bond motifs is 4. The third kappa shape index (κ3) is 3.24. The molecule has 6 rings (SSSR count). The molecule has 0 saturated carbocycles. The molecule has 1 aliphatic carbocycles. The minimum absolute atomic E-state index is 0.0855. The molecule has 4 aromatic rings. The van der Waals surface area contributed by atoms with Crippen molar-refractivity contribution < 1.29 is 9.59 Å². The highest BCUT2D eigenvalue weighted by Gasteiger charge is 2.35. The van der Waals surface area contributed by atoms with E-state index in [1.54, 1.807) is 40.2 Å². The van der Waals surface area contributed by atoms with E-state index in [0.29, 0.717) is 21.7 Å². The number of amides is 2. The Balaban J connectivity index is 1.44. The van der Waals surface area contributed by atoms with Crippen LogP contribution in [0.3, 0.4) is 0 Å². The zero-order chi connectivity index (χ0) is 22.5. The van der Waals surface area contributed by atoms with Gasteiger partial charge in [0.1, 0.15) is 4.83 Å². The van der Waals surface area contributed by atoms with E-state index in [4.69, 9.17) is 4.98 Å². The van der Waals surface area contributed by atoms with Gasteiger partial charge in [-0.2, -0.15) is 0 Å². The van der Waals surface area contributed by atoms with E-state index in [2.05, 4.69) is 0 Å². The maximum absolute atomic E-state index is 13.8. The molecule has 0 N–H and O–H groups in total. The second-order valence-electron chi connectivity index (χ2n) is 8.12. The van der Waals surface area contributed by atoms with Crippen LogP contribution in [0.1, 0.15) is 44.0 Å². The molecule has 2 amide bonds. The van der Waals surface area contributed by atoms with Crippen LogP contribution in [0.5, 0.6) is 0 Å². The number of thioether (sulfide) groups is 1. The van der Waals surface area contributed by atoms with Gasteiger partial charge in [-0.25, -0.2) is 4.98 Å². The number of nitrogens with zero attached hydrogens (tertiary/aromatic N) is 3. The predicted octanol–water partition coefficient (Wildman–Crippen LogP) is 4.67. The van der Waals surface area contributed by atoms with Crippen LogP contribution < -0.4 is 5.56 Å². The Morgan fingerprint density at radius 3 is 2.27 bits per heavy atom. The van der Waals surface area contributed by atoms with Crippen molar-refractivity contribution in [2.45, 2.75) is 30.8 Å². The Labute approximate surface area is 197 Å². The summed E-state index contributed by atoms with van der Waals surface area (Å²) < 4.78 is 1.62. The normalized spacial score (nSPS) is 15.2. The average Bonchev–Trinajstić information content (AvgIpc) is 3.33. The molecular formula is C25H19N3O3S2. The average molecular weight is 474 g/mol. The number of benzene rings is 2. The van der Waals surface area contributed by atoms with Crippen molar-refractivity contribution in [2.75, 3.05) is 5.88 Å². The van der Waals surface area contributed by atoms with Crippen LogP contribution in [-0.2, 0) is 12.8 Å². The van der Waals surface area contributed by atoms with Crippen molar-refractivity contribution in [3.05, 3.63) is 86.5 Å². The molecule has 0 spiro atoms. The molecule has 3 heterocycles. The molecule has 2 aromatic heterocycles. The van der Waals surface area contributed by atoms with Gasteiger partial charge in [0.15, 0.2) is 5.16 Å². The van der Waals surface area contributed by atoms with Crippen molar-refractivity contribution in [3.63, 3.8) is 0 Å². The van der Waals surface area contributed by atoms with Crippen LogP contribution in [0.2, 0.25) is 0 Å². The van der Waals surface area contributed by atoms with Crippen molar-refractivity contribution in [3.8, 4) is 5.69 Å². The van der Waals surface area contributed by atoms with Gasteiger partial charge in [-0.3, -0.25) is 23.9 Å². The van der Waals surface area contributed by atoms with E-state index in [1.165, 1.54) is 21.5 Å². The van der Waals surface area contributed by atoms with Gasteiger partial charge in [0, 0.05) is 4.88 Å². The van der Waals surface area contributed by atoms with Gasteiger partial charge in [0.05, 0.1) is 28.1 Å². The van der Waals surface area contributed by atoms with Gasteiger partial charge < -0.3 is 0 Å². The maximum Gasteiger partial charge on any atom is 0.267 e. The number of hydrogen-bond donors (Lipinski definition) is 0. The number of imide groups is 1. The molecule has 8 heteroatoms. The Kier molecular flexibility index (Phi) is 4.92. The topological polar surface area (TPSA) is 72.3 Å². The fourth-order valence-electron chi connectivity index (χ4n) is 4.57. The summed E-state index contributed by atoms with van der Waals surface area (Å²) in [6.07, 6.45) is 4.11. The fourth-order valence-corrected chi connectivity index (χ4v) is 6.83. The van der Waals surface area contributed by atoms with Gasteiger partial charge in [-0.15, -0.1) is 11.3 Å². The number of aromatic nitrogens is 2. The first-order valence-electron chi connectivity index (χ1n) is 10.8. The molecule has 0 bridgehead atoms. The lowest BCUT2D eigenvalue weighted by molar-refractivity contribution is 0.0684. The molecule has 6 nitrogen and oxygen atoms in total. The number of carbonyl (C=O) groups is 2. The van der Waals surface area contributed by atoms with Crippen molar-refractivity contribution in [1.29, 1.82) is 0 Å². The summed E-state index contributed by atoms with van der Waals surface area (Å²) in [5, 5.41) is 1.19. The summed E-state index contributed by atoms with van der Waals surface area (Å²) in [6, 6.07) is 16.3. The first-order chi connectivity index (χ1) is 16.1. The molecule has 2 aliphatic rings. The van der Waals surface area contributed by atoms with E-state index in [-0.39, 0.29) is 23.3 Å². The van der Waals surface area contributed by atoms with E-state index in [9.17, 15) is 14.4 Å². The molecule has 1 aliphatic heterocycles. The summed E-state index contributed by atoms with van der Waals surface area (Å²) in [5.74, 6) is -0.545. The molecule has 164 valence electrons. The summed E-state index contributed by atoms with van der Waals surface area (Å²) in [4.78, 5) is 47.4. The summed E-state index contributed by atoms with van der Waals surface area (Å²) in [5.41, 5.74) is 2.60. The fraction of sp³-hybridized carbons (Fsp3) is 0.200. The summed E-state index contributed by atoms with van der Waals surface area (Å²) >= 11 is 2.83. The highest BCUT2D eigenvalue weighted by Crippen LogP contribution is 2.35. The van der Waals surface area contributed by atoms with Crippen LogP contribution in [0.4, 0.5) is 0 Å². The highest BCUT2D eigenvalue weighted by atomic mass is 32.2. The Hall–Kier alpha value is -3.23. The van der Waals surface area contributed by atoms with Crippen LogP contribution in [0.25, 0.3) is 15.9 Å². The minimum Gasteiger partial charge on any atom is -0.269 e. The van der Waals surface area contributed by atoms with Gasteiger partial charge in [-0.1, -0.05) is 42.1 Å².